The Balaban J connectivity index is 0. The van der Waals surface area contributed by atoms with Crippen LogP contribution >= 0.6 is 0 Å². The van der Waals surface area contributed by atoms with E-state index in [4.69, 9.17) is 0 Å². The molecular formula is C16H30. The van der Waals surface area contributed by atoms with Crippen molar-refractivity contribution in [3.05, 3.63) is 35.4 Å². The summed E-state index contributed by atoms with van der Waals surface area (Å²) in [4.78, 5) is 0. The highest BCUT2D eigenvalue weighted by Crippen LogP contribution is 2.04. The van der Waals surface area contributed by atoms with Crippen molar-refractivity contribution in [3.63, 3.8) is 0 Å². The van der Waals surface area contributed by atoms with Gasteiger partial charge in [0, 0.05) is 0 Å². The molecule has 0 aliphatic heterocycles. The molecule has 0 heterocycles. The maximum absolute atomic E-state index is 2.27. The van der Waals surface area contributed by atoms with Gasteiger partial charge in [-0.25, -0.2) is 0 Å². The highest BCUT2D eigenvalue weighted by molar-refractivity contribution is 5.23. The van der Waals surface area contributed by atoms with Crippen LogP contribution in [-0.4, -0.2) is 0 Å². The van der Waals surface area contributed by atoms with E-state index in [9.17, 15) is 0 Å². The Hall–Kier alpha value is -0.780. The molecule has 0 saturated carbocycles. The standard InChI is InChI=1S/C8H10.C7H16.CH4/c1-7-5-3-4-6-8(7)2;1-4-5-6-7(2)3;/h3-6H,1-2H3;7H,4-6H2,1-3H3;1H4. The Morgan fingerprint density at radius 1 is 1.00 bits per heavy atom. The van der Waals surface area contributed by atoms with E-state index >= 15 is 0 Å². The third kappa shape index (κ3) is 9.76. The summed E-state index contributed by atoms with van der Waals surface area (Å²) in [6, 6.07) is 8.36. The fourth-order valence-corrected chi connectivity index (χ4v) is 1.28. The SMILES string of the molecule is C.CCCCC(C)C.Cc1ccccc1C. The number of unbranched alkanes of at least 4 members (excludes halogenated alkanes) is 1. The smallest absolute Gasteiger partial charge is 0.0395 e. The van der Waals surface area contributed by atoms with E-state index in [1.807, 2.05) is 0 Å². The number of aryl methyl sites for hydroxylation is 2. The van der Waals surface area contributed by atoms with Crippen molar-refractivity contribution in [2.24, 2.45) is 5.92 Å². The zero-order valence-corrected chi connectivity index (χ0v) is 11.0. The van der Waals surface area contributed by atoms with Crippen molar-refractivity contribution in [3.8, 4) is 0 Å². The minimum absolute atomic E-state index is 0. The van der Waals surface area contributed by atoms with Gasteiger partial charge in [0.25, 0.3) is 0 Å². The van der Waals surface area contributed by atoms with Crippen molar-refractivity contribution in [1.29, 1.82) is 0 Å². The maximum atomic E-state index is 2.27. The highest BCUT2D eigenvalue weighted by atomic mass is 13.9. The minimum Gasteiger partial charge on any atom is -0.0776 e. The van der Waals surface area contributed by atoms with Gasteiger partial charge in [-0.3, -0.25) is 0 Å². The van der Waals surface area contributed by atoms with Crippen LogP contribution in [0.4, 0.5) is 0 Å². The Morgan fingerprint density at radius 2 is 1.44 bits per heavy atom. The van der Waals surface area contributed by atoms with E-state index < -0.39 is 0 Å². The minimum atomic E-state index is 0. The van der Waals surface area contributed by atoms with Crippen LogP contribution in [0.15, 0.2) is 24.3 Å². The second-order valence-corrected chi connectivity index (χ2v) is 4.62. The molecule has 0 heteroatoms. The summed E-state index contributed by atoms with van der Waals surface area (Å²) < 4.78 is 0. The lowest BCUT2D eigenvalue weighted by Gasteiger charge is -1.98. The van der Waals surface area contributed by atoms with Crippen LogP contribution in [0.1, 0.15) is 58.6 Å². The van der Waals surface area contributed by atoms with Gasteiger partial charge in [-0.05, 0) is 30.9 Å². The van der Waals surface area contributed by atoms with Gasteiger partial charge in [-0.2, -0.15) is 0 Å². The molecule has 1 aromatic carbocycles. The molecule has 0 spiro atoms. The summed E-state index contributed by atoms with van der Waals surface area (Å²) in [5.41, 5.74) is 2.74. The number of hydrogen-bond acceptors (Lipinski definition) is 0. The zero-order valence-electron chi connectivity index (χ0n) is 11.0. The lowest BCUT2D eigenvalue weighted by molar-refractivity contribution is 0.550. The van der Waals surface area contributed by atoms with Crippen molar-refractivity contribution < 1.29 is 0 Å². The van der Waals surface area contributed by atoms with E-state index in [1.165, 1.54) is 30.4 Å². The van der Waals surface area contributed by atoms with Crippen LogP contribution in [0.25, 0.3) is 0 Å². The largest absolute Gasteiger partial charge is 0.0776 e. The molecule has 0 aliphatic carbocycles. The van der Waals surface area contributed by atoms with Crippen LogP contribution in [0, 0.1) is 19.8 Å². The van der Waals surface area contributed by atoms with Crippen LogP contribution in [0.5, 0.6) is 0 Å². The summed E-state index contributed by atoms with van der Waals surface area (Å²) in [5, 5.41) is 0. The Bertz CT molecular complexity index is 227. The first-order valence-corrected chi connectivity index (χ1v) is 6.10. The molecule has 0 unspecified atom stereocenters. The fourth-order valence-electron chi connectivity index (χ4n) is 1.28. The van der Waals surface area contributed by atoms with Crippen molar-refractivity contribution in [1.82, 2.24) is 0 Å². The summed E-state index contributed by atoms with van der Waals surface area (Å²) >= 11 is 0. The first-order chi connectivity index (χ1) is 7.07. The molecular weight excluding hydrogens is 192 g/mol. The number of hydrogen-bond donors (Lipinski definition) is 0. The Kier molecular flexibility index (Phi) is 11.8. The van der Waals surface area contributed by atoms with Gasteiger partial charge < -0.3 is 0 Å². The van der Waals surface area contributed by atoms with Crippen LogP contribution in [0.2, 0.25) is 0 Å². The Morgan fingerprint density at radius 3 is 1.62 bits per heavy atom. The van der Waals surface area contributed by atoms with Gasteiger partial charge in [-0.1, -0.05) is 71.7 Å². The van der Waals surface area contributed by atoms with E-state index in [2.05, 4.69) is 58.9 Å². The predicted molar refractivity (Wildman–Crippen MR) is 77.0 cm³/mol. The van der Waals surface area contributed by atoms with E-state index in [0.29, 0.717) is 0 Å². The third-order valence-corrected chi connectivity index (χ3v) is 2.56. The van der Waals surface area contributed by atoms with Crippen LogP contribution in [-0.2, 0) is 0 Å². The second-order valence-electron chi connectivity index (χ2n) is 4.62. The number of benzene rings is 1. The molecule has 0 aliphatic rings. The van der Waals surface area contributed by atoms with Crippen LogP contribution < -0.4 is 0 Å². The summed E-state index contributed by atoms with van der Waals surface area (Å²) in [6.45, 7) is 11.0. The highest BCUT2D eigenvalue weighted by Gasteiger charge is 1.88. The van der Waals surface area contributed by atoms with Crippen LogP contribution in [0.3, 0.4) is 0 Å². The normalized spacial score (nSPS) is 9.12. The lowest BCUT2D eigenvalue weighted by atomic mass is 10.1. The van der Waals surface area contributed by atoms with E-state index in [0.717, 1.165) is 5.92 Å². The Labute approximate surface area is 103 Å². The molecule has 0 bridgehead atoms. The predicted octanol–water partition coefficient (Wildman–Crippen LogP) is 5.77. The quantitative estimate of drug-likeness (QED) is 0.609. The van der Waals surface area contributed by atoms with Gasteiger partial charge in [0.1, 0.15) is 0 Å². The molecule has 0 fully saturated rings. The maximum Gasteiger partial charge on any atom is -0.0395 e. The van der Waals surface area contributed by atoms with Gasteiger partial charge >= 0.3 is 0 Å². The fraction of sp³-hybridized carbons (Fsp3) is 0.625. The monoisotopic (exact) mass is 222 g/mol. The molecule has 0 atom stereocenters. The molecule has 0 aromatic heterocycles. The van der Waals surface area contributed by atoms with Gasteiger partial charge in [0.2, 0.25) is 0 Å². The zero-order chi connectivity index (χ0) is 11.7. The molecule has 1 rings (SSSR count). The average Bonchev–Trinajstić information content (AvgIpc) is 2.20. The topological polar surface area (TPSA) is 0 Å². The second kappa shape index (κ2) is 10.7. The average molecular weight is 222 g/mol. The molecule has 0 nitrogen and oxygen atoms in total. The molecule has 1 aromatic rings. The third-order valence-electron chi connectivity index (χ3n) is 2.56. The molecule has 94 valence electrons. The van der Waals surface area contributed by atoms with Crippen molar-refractivity contribution in [2.75, 3.05) is 0 Å². The first kappa shape index (κ1) is 17.6. The molecule has 0 amide bonds. The van der Waals surface area contributed by atoms with E-state index in [1.54, 1.807) is 0 Å². The lowest BCUT2D eigenvalue weighted by Crippen LogP contribution is -1.83. The van der Waals surface area contributed by atoms with Gasteiger partial charge in [-0.15, -0.1) is 0 Å². The summed E-state index contributed by atoms with van der Waals surface area (Å²) in [5.74, 6) is 0.903. The molecule has 0 radical (unpaired) electrons. The summed E-state index contributed by atoms with van der Waals surface area (Å²) in [7, 11) is 0. The summed E-state index contributed by atoms with van der Waals surface area (Å²) in [6.07, 6.45) is 4.15. The number of rotatable bonds is 3. The first-order valence-electron chi connectivity index (χ1n) is 6.10. The molecule has 0 saturated heterocycles. The molecule has 0 N–H and O–H groups in total. The van der Waals surface area contributed by atoms with Gasteiger partial charge in [0.05, 0.1) is 0 Å². The molecule has 16 heavy (non-hydrogen) atoms. The van der Waals surface area contributed by atoms with Gasteiger partial charge in [0.15, 0.2) is 0 Å². The van der Waals surface area contributed by atoms with Crippen molar-refractivity contribution >= 4 is 0 Å². The van der Waals surface area contributed by atoms with Crippen molar-refractivity contribution in [2.45, 2.75) is 61.3 Å². The van der Waals surface area contributed by atoms with E-state index in [-0.39, 0.29) is 7.43 Å².